The second-order valence-electron chi connectivity index (χ2n) is 7.06. The van der Waals surface area contributed by atoms with Crippen LogP contribution < -0.4 is 19.5 Å². The molecule has 9 heteroatoms. The number of likely N-dealkylation sites (tertiary alicyclic amines) is 1. The van der Waals surface area contributed by atoms with Crippen LogP contribution in [0, 0.1) is 5.92 Å². The molecule has 1 fully saturated rings. The van der Waals surface area contributed by atoms with Crippen LogP contribution in [-0.2, 0) is 4.79 Å². The Morgan fingerprint density at radius 3 is 2.06 bits per heavy atom. The molecule has 0 radical (unpaired) electrons. The zero-order valence-electron chi connectivity index (χ0n) is 17.3. The number of carbonyl (C=O) groups excluding carboxylic acids is 2. The molecule has 2 aromatic carbocycles. The first-order valence-electron chi connectivity index (χ1n) is 9.77. The number of benzene rings is 2. The van der Waals surface area contributed by atoms with E-state index >= 15 is 0 Å². The highest BCUT2D eigenvalue weighted by Crippen LogP contribution is 2.26. The number of hydrogen-bond acceptors (Lipinski definition) is 5. The van der Waals surface area contributed by atoms with Crippen molar-refractivity contribution in [1.82, 2.24) is 4.90 Å². The van der Waals surface area contributed by atoms with Gasteiger partial charge in [-0.25, -0.2) is 0 Å². The first-order chi connectivity index (χ1) is 14.9. The van der Waals surface area contributed by atoms with E-state index in [4.69, 9.17) is 9.47 Å². The first-order valence-corrected chi connectivity index (χ1v) is 9.77. The summed E-state index contributed by atoms with van der Waals surface area (Å²) in [6.07, 6.45) is 1.04. The fraction of sp³-hybridized carbons (Fsp3) is 0.364. The number of methoxy groups -OCH3 is 2. The van der Waals surface area contributed by atoms with Crippen molar-refractivity contribution in [3.05, 3.63) is 48.0 Å². The molecule has 0 bridgehead atoms. The van der Waals surface area contributed by atoms with Gasteiger partial charge in [-0.05, 0) is 49.2 Å². The Hall–Kier alpha value is -3.36. The molecule has 2 amide bonds. The van der Waals surface area contributed by atoms with E-state index in [1.54, 1.807) is 23.1 Å². The highest BCUT2D eigenvalue weighted by Gasteiger charge is 2.28. The van der Waals surface area contributed by atoms with Gasteiger partial charge in [-0.2, -0.15) is 8.78 Å². The summed E-state index contributed by atoms with van der Waals surface area (Å²) < 4.78 is 39.2. The van der Waals surface area contributed by atoms with Gasteiger partial charge in [-0.3, -0.25) is 9.59 Å². The van der Waals surface area contributed by atoms with E-state index in [-0.39, 0.29) is 23.5 Å². The lowest BCUT2D eigenvalue weighted by atomic mass is 9.95. The fourth-order valence-electron chi connectivity index (χ4n) is 3.42. The van der Waals surface area contributed by atoms with Crippen LogP contribution in [0.2, 0.25) is 0 Å². The minimum Gasteiger partial charge on any atom is -0.497 e. The summed E-state index contributed by atoms with van der Waals surface area (Å²) in [4.78, 5) is 27.1. The zero-order chi connectivity index (χ0) is 22.4. The molecule has 1 aliphatic rings. The predicted molar refractivity (Wildman–Crippen MR) is 110 cm³/mol. The molecule has 1 aliphatic heterocycles. The molecule has 0 aromatic heterocycles. The van der Waals surface area contributed by atoms with E-state index in [2.05, 4.69) is 10.1 Å². The first kappa shape index (κ1) is 22.3. The molecular weight excluding hydrogens is 410 g/mol. The smallest absolute Gasteiger partial charge is 0.387 e. The maximum absolute atomic E-state index is 12.9. The number of hydrogen-bond donors (Lipinski definition) is 1. The molecule has 0 spiro atoms. The van der Waals surface area contributed by atoms with Crippen LogP contribution in [0.5, 0.6) is 17.2 Å². The second kappa shape index (κ2) is 10.1. The van der Waals surface area contributed by atoms with Gasteiger partial charge in [-0.15, -0.1) is 0 Å². The summed E-state index contributed by atoms with van der Waals surface area (Å²) in [6.45, 7) is -2.01. The lowest BCUT2D eigenvalue weighted by Gasteiger charge is -2.31. The van der Waals surface area contributed by atoms with Crippen LogP contribution >= 0.6 is 0 Å². The highest BCUT2D eigenvalue weighted by molar-refractivity contribution is 5.96. The minimum absolute atomic E-state index is 0.0222. The molecule has 3 rings (SSSR count). The Bertz CT molecular complexity index is 890. The molecule has 2 aromatic rings. The third-order valence-electron chi connectivity index (χ3n) is 5.10. The summed E-state index contributed by atoms with van der Waals surface area (Å²) in [6, 6.07) is 10.8. The summed E-state index contributed by atoms with van der Waals surface area (Å²) >= 11 is 0. The average molecular weight is 434 g/mol. The quantitative estimate of drug-likeness (QED) is 0.718. The number of nitrogens with one attached hydrogen (secondary N) is 1. The highest BCUT2D eigenvalue weighted by atomic mass is 19.3. The van der Waals surface area contributed by atoms with Crippen LogP contribution in [0.4, 0.5) is 14.5 Å². The van der Waals surface area contributed by atoms with Crippen molar-refractivity contribution in [2.75, 3.05) is 32.6 Å². The van der Waals surface area contributed by atoms with E-state index in [1.807, 2.05) is 0 Å². The Kier molecular flexibility index (Phi) is 7.28. The predicted octanol–water partition coefficient (Wildman–Crippen LogP) is 3.80. The number of carbonyl (C=O) groups is 2. The van der Waals surface area contributed by atoms with Gasteiger partial charge in [0.25, 0.3) is 5.91 Å². The van der Waals surface area contributed by atoms with Crippen LogP contribution in [0.1, 0.15) is 23.2 Å². The summed E-state index contributed by atoms with van der Waals surface area (Å²) in [5.41, 5.74) is 0.957. The minimum atomic E-state index is -2.90. The van der Waals surface area contributed by atoms with Gasteiger partial charge in [0.05, 0.1) is 14.2 Å². The van der Waals surface area contributed by atoms with Crippen molar-refractivity contribution < 1.29 is 32.6 Å². The molecular formula is C22H24F2N2O5. The van der Waals surface area contributed by atoms with Crippen molar-refractivity contribution in [3.8, 4) is 17.2 Å². The number of alkyl halides is 2. The topological polar surface area (TPSA) is 77.1 Å². The Morgan fingerprint density at radius 1 is 0.968 bits per heavy atom. The third-order valence-corrected chi connectivity index (χ3v) is 5.10. The zero-order valence-corrected chi connectivity index (χ0v) is 17.3. The molecule has 0 aliphatic carbocycles. The van der Waals surface area contributed by atoms with E-state index in [1.165, 1.54) is 38.5 Å². The monoisotopic (exact) mass is 434 g/mol. The van der Waals surface area contributed by atoms with E-state index in [9.17, 15) is 18.4 Å². The van der Waals surface area contributed by atoms with Gasteiger partial charge in [0, 0.05) is 36.3 Å². The van der Waals surface area contributed by atoms with Crippen molar-refractivity contribution >= 4 is 17.5 Å². The van der Waals surface area contributed by atoms with Crippen molar-refractivity contribution in [2.24, 2.45) is 5.92 Å². The Labute approximate surface area is 178 Å². The van der Waals surface area contributed by atoms with Gasteiger partial charge in [0.1, 0.15) is 17.2 Å². The molecule has 0 atom stereocenters. The average Bonchev–Trinajstić information content (AvgIpc) is 2.79. The van der Waals surface area contributed by atoms with Gasteiger partial charge < -0.3 is 24.4 Å². The molecule has 0 unspecified atom stereocenters. The number of piperidine rings is 1. The molecule has 7 nitrogen and oxygen atoms in total. The largest absolute Gasteiger partial charge is 0.497 e. The molecule has 166 valence electrons. The number of amides is 2. The van der Waals surface area contributed by atoms with Gasteiger partial charge >= 0.3 is 6.61 Å². The second-order valence-corrected chi connectivity index (χ2v) is 7.06. The van der Waals surface area contributed by atoms with Crippen molar-refractivity contribution in [1.29, 1.82) is 0 Å². The number of nitrogens with zero attached hydrogens (tertiary/aromatic N) is 1. The summed E-state index contributed by atoms with van der Waals surface area (Å²) in [5.74, 6) is 0.516. The lowest BCUT2D eigenvalue weighted by Crippen LogP contribution is -2.41. The van der Waals surface area contributed by atoms with Crippen molar-refractivity contribution in [3.63, 3.8) is 0 Å². The summed E-state index contributed by atoms with van der Waals surface area (Å²) in [5, 5.41) is 2.78. The van der Waals surface area contributed by atoms with Crippen LogP contribution in [0.3, 0.4) is 0 Å². The SMILES string of the molecule is COc1cc(OC)cc(C(=O)N2CCC(C(=O)Nc3ccc(OC(F)F)cc3)CC2)c1. The normalized spacial score (nSPS) is 14.3. The third kappa shape index (κ3) is 5.84. The van der Waals surface area contributed by atoms with Gasteiger partial charge in [0.15, 0.2) is 0 Å². The van der Waals surface area contributed by atoms with Crippen LogP contribution in [0.25, 0.3) is 0 Å². The van der Waals surface area contributed by atoms with Gasteiger partial charge in [-0.1, -0.05) is 0 Å². The molecule has 1 N–H and O–H groups in total. The number of ether oxygens (including phenoxy) is 3. The molecule has 31 heavy (non-hydrogen) atoms. The maximum atomic E-state index is 12.9. The molecule has 1 saturated heterocycles. The molecule has 1 heterocycles. The number of halogens is 2. The Morgan fingerprint density at radius 2 is 1.55 bits per heavy atom. The number of anilines is 1. The van der Waals surface area contributed by atoms with E-state index < -0.39 is 6.61 Å². The van der Waals surface area contributed by atoms with Crippen molar-refractivity contribution in [2.45, 2.75) is 19.5 Å². The lowest BCUT2D eigenvalue weighted by molar-refractivity contribution is -0.121. The van der Waals surface area contributed by atoms with Crippen LogP contribution in [0.15, 0.2) is 42.5 Å². The molecule has 0 saturated carbocycles. The fourth-order valence-corrected chi connectivity index (χ4v) is 3.42. The van der Waals surface area contributed by atoms with E-state index in [0.717, 1.165) is 0 Å². The summed E-state index contributed by atoms with van der Waals surface area (Å²) in [7, 11) is 3.04. The van der Waals surface area contributed by atoms with Crippen LogP contribution in [-0.4, -0.2) is 50.6 Å². The maximum Gasteiger partial charge on any atom is 0.387 e. The standard InChI is InChI=1S/C22H24F2N2O5/c1-29-18-11-15(12-19(13-18)30-2)21(28)26-9-7-14(8-10-26)20(27)25-16-3-5-17(6-4-16)31-22(23)24/h3-6,11-14,22H,7-10H2,1-2H3,(H,25,27). The van der Waals surface area contributed by atoms with Gasteiger partial charge in [0.2, 0.25) is 5.91 Å². The number of rotatable bonds is 7. The van der Waals surface area contributed by atoms with E-state index in [0.29, 0.717) is 48.7 Å². The Balaban J connectivity index is 1.55.